The molecule has 0 aromatic heterocycles. The lowest BCUT2D eigenvalue weighted by molar-refractivity contribution is -0.166. The van der Waals surface area contributed by atoms with Crippen LogP contribution in [0.15, 0.2) is 12.8 Å². The van der Waals surface area contributed by atoms with Crippen LogP contribution in [0.2, 0.25) is 0 Å². The van der Waals surface area contributed by atoms with Crippen molar-refractivity contribution in [1.29, 1.82) is 0 Å². The van der Waals surface area contributed by atoms with Crippen LogP contribution in [0.1, 0.15) is 20.8 Å². The molecule has 13 heavy (non-hydrogen) atoms. The molecule has 0 bridgehead atoms. The summed E-state index contributed by atoms with van der Waals surface area (Å²) >= 11 is 0. The lowest BCUT2D eigenvalue weighted by Gasteiger charge is -2.20. The highest BCUT2D eigenvalue weighted by Crippen LogP contribution is 2.02. The second-order valence-electron chi connectivity index (χ2n) is 3.06. The third-order valence-corrected chi connectivity index (χ3v) is 1.19. The molecule has 0 aliphatic heterocycles. The fourth-order valence-electron chi connectivity index (χ4n) is 0.764. The largest absolute Gasteiger partial charge is 0.471 e. The summed E-state index contributed by atoms with van der Waals surface area (Å²) in [6.07, 6.45) is 1.01. The first kappa shape index (κ1) is 12.5. The highest BCUT2D eigenvalue weighted by Gasteiger charge is 2.11. The molecule has 77 valence electrons. The van der Waals surface area contributed by atoms with Crippen molar-refractivity contribution in [1.82, 2.24) is 0 Å². The summed E-state index contributed by atoms with van der Waals surface area (Å²) in [6, 6.07) is 0. The Morgan fingerprint density at radius 2 is 1.92 bits per heavy atom. The second-order valence-corrected chi connectivity index (χ2v) is 3.06. The Hall–Kier alpha value is -0.540. The zero-order valence-electron chi connectivity index (χ0n) is 8.66. The van der Waals surface area contributed by atoms with E-state index in [9.17, 15) is 0 Å². The van der Waals surface area contributed by atoms with Gasteiger partial charge in [-0.1, -0.05) is 6.58 Å². The molecule has 1 radical (unpaired) electrons. The summed E-state index contributed by atoms with van der Waals surface area (Å²) < 4.78 is 15.7. The maximum atomic E-state index is 5.39. The molecule has 0 N–H and O–H groups in total. The minimum absolute atomic E-state index is 0.0633. The topological polar surface area (TPSA) is 27.7 Å². The van der Waals surface area contributed by atoms with Crippen LogP contribution in [0.5, 0.6) is 0 Å². The van der Waals surface area contributed by atoms with E-state index in [1.807, 2.05) is 20.8 Å². The monoisotopic (exact) mass is 187 g/mol. The summed E-state index contributed by atoms with van der Waals surface area (Å²) in [5.41, 5.74) is 0. The van der Waals surface area contributed by atoms with E-state index in [0.717, 1.165) is 0 Å². The van der Waals surface area contributed by atoms with E-state index in [0.29, 0.717) is 6.61 Å². The van der Waals surface area contributed by atoms with Gasteiger partial charge in [0.15, 0.2) is 0 Å². The molecule has 0 aliphatic carbocycles. The molecule has 0 spiro atoms. The normalized spacial score (nSPS) is 13.4. The molecule has 0 saturated heterocycles. The minimum Gasteiger partial charge on any atom is -0.471 e. The maximum Gasteiger partial charge on any atom is 0.222 e. The van der Waals surface area contributed by atoms with Crippen molar-refractivity contribution >= 4 is 0 Å². The molecule has 0 aliphatic rings. The van der Waals surface area contributed by atoms with E-state index >= 15 is 0 Å². The van der Waals surface area contributed by atoms with E-state index in [2.05, 4.69) is 13.5 Å². The number of hydrogen-bond acceptors (Lipinski definition) is 3. The predicted molar refractivity (Wildman–Crippen MR) is 52.1 cm³/mol. The molecule has 2 atom stereocenters. The summed E-state index contributed by atoms with van der Waals surface area (Å²) in [4.78, 5) is 0. The zero-order valence-corrected chi connectivity index (χ0v) is 8.66. The number of ether oxygens (including phenoxy) is 3. The van der Waals surface area contributed by atoms with Gasteiger partial charge in [-0.05, 0) is 27.7 Å². The van der Waals surface area contributed by atoms with Crippen LogP contribution in [0.25, 0.3) is 0 Å². The van der Waals surface area contributed by atoms with Gasteiger partial charge >= 0.3 is 0 Å². The molecule has 0 aromatic rings. The van der Waals surface area contributed by atoms with Gasteiger partial charge in [-0.25, -0.2) is 0 Å². The Kier molecular flexibility index (Phi) is 6.63. The highest BCUT2D eigenvalue weighted by molar-refractivity contribution is 4.57. The SMILES string of the molecule is [CH2]C(C)OCC(OC=C)OC(C)C. The number of rotatable bonds is 7. The Labute approximate surface area is 80.7 Å². The molecule has 3 heteroatoms. The second kappa shape index (κ2) is 6.92. The summed E-state index contributed by atoms with van der Waals surface area (Å²) in [7, 11) is 0. The van der Waals surface area contributed by atoms with Crippen LogP contribution in [0.4, 0.5) is 0 Å². The first-order chi connectivity index (χ1) is 6.06. The third-order valence-electron chi connectivity index (χ3n) is 1.19. The van der Waals surface area contributed by atoms with Crippen molar-refractivity contribution in [3.8, 4) is 0 Å². The molecule has 0 saturated carbocycles. The van der Waals surface area contributed by atoms with E-state index in [1.165, 1.54) is 6.26 Å². The number of hydrogen-bond donors (Lipinski definition) is 0. The van der Waals surface area contributed by atoms with Gasteiger partial charge in [0.1, 0.15) is 6.61 Å². The molecule has 2 unspecified atom stereocenters. The van der Waals surface area contributed by atoms with E-state index < -0.39 is 0 Å². The van der Waals surface area contributed by atoms with Gasteiger partial charge in [0.25, 0.3) is 0 Å². The third kappa shape index (κ3) is 7.81. The average molecular weight is 187 g/mol. The van der Waals surface area contributed by atoms with Crippen LogP contribution in [0, 0.1) is 6.92 Å². The van der Waals surface area contributed by atoms with Gasteiger partial charge in [-0.2, -0.15) is 0 Å². The van der Waals surface area contributed by atoms with Crippen molar-refractivity contribution in [2.24, 2.45) is 0 Å². The van der Waals surface area contributed by atoms with Crippen LogP contribution in [0.3, 0.4) is 0 Å². The van der Waals surface area contributed by atoms with Crippen LogP contribution < -0.4 is 0 Å². The van der Waals surface area contributed by atoms with Gasteiger partial charge in [0.2, 0.25) is 6.29 Å². The van der Waals surface area contributed by atoms with Gasteiger partial charge in [-0.3, -0.25) is 0 Å². The standard InChI is InChI=1S/C10H19O3/c1-6-11-10(13-9(4)5)7-12-8(2)3/h6,8-10H,1-2,7H2,3-5H3. The molecule has 0 amide bonds. The Balaban J connectivity index is 3.72. The molecule has 0 aromatic carbocycles. The summed E-state index contributed by atoms with van der Waals surface area (Å²) in [6.45, 7) is 13.3. The first-order valence-electron chi connectivity index (χ1n) is 4.42. The van der Waals surface area contributed by atoms with Gasteiger partial charge in [-0.15, -0.1) is 0 Å². The lowest BCUT2D eigenvalue weighted by atomic mass is 10.4. The van der Waals surface area contributed by atoms with Crippen LogP contribution in [-0.4, -0.2) is 25.1 Å². The molecule has 0 fully saturated rings. The quantitative estimate of drug-likeness (QED) is 0.451. The van der Waals surface area contributed by atoms with Crippen molar-refractivity contribution < 1.29 is 14.2 Å². The van der Waals surface area contributed by atoms with Crippen LogP contribution in [-0.2, 0) is 14.2 Å². The van der Waals surface area contributed by atoms with Crippen molar-refractivity contribution in [3.05, 3.63) is 19.8 Å². The van der Waals surface area contributed by atoms with E-state index in [4.69, 9.17) is 14.2 Å². The average Bonchev–Trinajstić information content (AvgIpc) is 1.99. The van der Waals surface area contributed by atoms with E-state index in [-0.39, 0.29) is 18.5 Å². The Bertz CT molecular complexity index is 132. The van der Waals surface area contributed by atoms with Crippen molar-refractivity contribution in [3.63, 3.8) is 0 Å². The van der Waals surface area contributed by atoms with Gasteiger partial charge in [0.05, 0.1) is 18.5 Å². The smallest absolute Gasteiger partial charge is 0.222 e. The minimum atomic E-state index is -0.387. The Morgan fingerprint density at radius 3 is 2.31 bits per heavy atom. The first-order valence-corrected chi connectivity index (χ1v) is 4.42. The molecular weight excluding hydrogens is 168 g/mol. The summed E-state index contributed by atoms with van der Waals surface area (Å²) in [5.74, 6) is 0. The molecule has 0 rings (SSSR count). The Morgan fingerprint density at radius 1 is 1.31 bits per heavy atom. The van der Waals surface area contributed by atoms with Crippen LogP contribution >= 0.6 is 0 Å². The van der Waals surface area contributed by atoms with Gasteiger partial charge < -0.3 is 14.2 Å². The van der Waals surface area contributed by atoms with Crippen molar-refractivity contribution in [2.75, 3.05) is 6.61 Å². The zero-order chi connectivity index (χ0) is 10.3. The fourth-order valence-corrected chi connectivity index (χ4v) is 0.764. The fraction of sp³-hybridized carbons (Fsp3) is 0.700. The van der Waals surface area contributed by atoms with Gasteiger partial charge in [0, 0.05) is 0 Å². The van der Waals surface area contributed by atoms with E-state index in [1.54, 1.807) is 0 Å². The molecule has 0 heterocycles. The van der Waals surface area contributed by atoms with Crippen molar-refractivity contribution in [2.45, 2.75) is 39.3 Å². The highest BCUT2D eigenvalue weighted by atomic mass is 16.7. The summed E-state index contributed by atoms with van der Waals surface area (Å²) in [5, 5.41) is 0. The molecular formula is C10H19O3. The predicted octanol–water partition coefficient (Wildman–Crippen LogP) is 2.14. The lowest BCUT2D eigenvalue weighted by Crippen LogP contribution is -2.26. The maximum absolute atomic E-state index is 5.39. The molecule has 3 nitrogen and oxygen atoms in total.